The lowest BCUT2D eigenvalue weighted by atomic mass is 9.88. The number of hydrogen-bond donors (Lipinski definition) is 1. The molecule has 0 saturated heterocycles. The second-order valence-electron chi connectivity index (χ2n) is 5.26. The van der Waals surface area contributed by atoms with E-state index in [-0.39, 0.29) is 16.9 Å². The van der Waals surface area contributed by atoms with Crippen molar-refractivity contribution in [2.75, 3.05) is 7.11 Å². The van der Waals surface area contributed by atoms with Crippen molar-refractivity contribution in [3.05, 3.63) is 17.5 Å². The fourth-order valence-electron chi connectivity index (χ4n) is 2.97. The summed E-state index contributed by atoms with van der Waals surface area (Å²) < 4.78 is 6.60. The van der Waals surface area contributed by atoms with Crippen molar-refractivity contribution in [3.8, 4) is 0 Å². The van der Waals surface area contributed by atoms with Crippen LogP contribution < -0.4 is 5.73 Å². The maximum absolute atomic E-state index is 11.8. The quantitative estimate of drug-likeness (QED) is 0.784. The lowest BCUT2D eigenvalue weighted by molar-refractivity contribution is 0.0598. The molecule has 0 aromatic carbocycles. The number of hydrogen-bond acceptors (Lipinski definition) is 4. The molecule has 0 amide bonds. The van der Waals surface area contributed by atoms with Crippen LogP contribution in [0.1, 0.15) is 41.7 Å². The van der Waals surface area contributed by atoms with Gasteiger partial charge in [-0.3, -0.25) is 4.68 Å². The molecular weight excluding hydrogens is 218 g/mol. The minimum atomic E-state index is -0.316. The van der Waals surface area contributed by atoms with Crippen LogP contribution in [0.2, 0.25) is 0 Å². The Hall–Kier alpha value is -1.36. The molecule has 2 N–H and O–H groups in total. The van der Waals surface area contributed by atoms with Crippen LogP contribution in [0.25, 0.3) is 0 Å². The summed E-state index contributed by atoms with van der Waals surface area (Å²) in [6, 6.07) is 0. The number of esters is 1. The number of carbonyl (C=O) groups is 1. The Kier molecular flexibility index (Phi) is 1.96. The number of rotatable bonds is 3. The Labute approximate surface area is 99.9 Å². The van der Waals surface area contributed by atoms with Crippen LogP contribution in [-0.4, -0.2) is 28.4 Å². The first kappa shape index (κ1) is 10.8. The first-order valence-corrected chi connectivity index (χ1v) is 5.94. The zero-order valence-corrected chi connectivity index (χ0v) is 10.2. The van der Waals surface area contributed by atoms with Gasteiger partial charge in [-0.1, -0.05) is 0 Å². The molecule has 17 heavy (non-hydrogen) atoms. The van der Waals surface area contributed by atoms with Crippen molar-refractivity contribution in [2.45, 2.75) is 36.6 Å². The fraction of sp³-hybridized carbons (Fsp3) is 0.667. The van der Waals surface area contributed by atoms with E-state index in [1.165, 1.54) is 7.11 Å². The van der Waals surface area contributed by atoms with Crippen molar-refractivity contribution >= 4 is 5.97 Å². The smallest absolute Gasteiger partial charge is 0.341 e. The summed E-state index contributed by atoms with van der Waals surface area (Å²) in [5.74, 6) is -0.316. The second kappa shape index (κ2) is 3.10. The Morgan fingerprint density at radius 1 is 1.47 bits per heavy atom. The summed E-state index contributed by atoms with van der Waals surface area (Å²) in [5.41, 5.74) is 7.74. The number of carbonyl (C=O) groups excluding carboxylic acids is 1. The SMILES string of the molecule is COC(=O)c1cnn(C)c1C1(C2(N)CC2)CC1. The van der Waals surface area contributed by atoms with E-state index < -0.39 is 0 Å². The van der Waals surface area contributed by atoms with E-state index in [0.29, 0.717) is 5.56 Å². The lowest BCUT2D eigenvalue weighted by Crippen LogP contribution is -2.39. The van der Waals surface area contributed by atoms with Gasteiger partial charge in [-0.05, 0) is 25.7 Å². The summed E-state index contributed by atoms with van der Waals surface area (Å²) in [6.45, 7) is 0. The first-order valence-electron chi connectivity index (χ1n) is 5.94. The minimum absolute atomic E-state index is 0.0399. The molecule has 2 aliphatic carbocycles. The van der Waals surface area contributed by atoms with Crippen LogP contribution in [0.15, 0.2) is 6.20 Å². The van der Waals surface area contributed by atoms with Crippen molar-refractivity contribution < 1.29 is 9.53 Å². The molecule has 1 aromatic rings. The van der Waals surface area contributed by atoms with E-state index in [0.717, 1.165) is 31.4 Å². The Morgan fingerprint density at radius 2 is 2.12 bits per heavy atom. The first-order chi connectivity index (χ1) is 8.04. The van der Waals surface area contributed by atoms with E-state index >= 15 is 0 Å². The molecule has 0 aliphatic heterocycles. The molecule has 0 radical (unpaired) electrons. The normalized spacial score (nSPS) is 23.2. The van der Waals surface area contributed by atoms with Crippen LogP contribution in [-0.2, 0) is 17.2 Å². The monoisotopic (exact) mass is 235 g/mol. The molecule has 1 heterocycles. The van der Waals surface area contributed by atoms with Gasteiger partial charge in [-0.15, -0.1) is 0 Å². The largest absolute Gasteiger partial charge is 0.465 e. The predicted molar refractivity (Wildman–Crippen MR) is 61.6 cm³/mol. The number of methoxy groups -OCH3 is 1. The van der Waals surface area contributed by atoms with Crippen molar-refractivity contribution in [1.82, 2.24) is 9.78 Å². The Morgan fingerprint density at radius 3 is 2.59 bits per heavy atom. The standard InChI is InChI=1S/C12H17N3O2/c1-15-9(8(7-14-15)10(16)17-2)11(3-4-11)12(13)5-6-12/h7H,3-6,13H2,1-2H3. The second-order valence-corrected chi connectivity index (χ2v) is 5.26. The van der Waals surface area contributed by atoms with Gasteiger partial charge >= 0.3 is 5.97 Å². The molecule has 5 heteroatoms. The van der Waals surface area contributed by atoms with Crippen LogP contribution in [0, 0.1) is 0 Å². The summed E-state index contributed by atoms with van der Waals surface area (Å²) in [6.07, 6.45) is 5.77. The van der Waals surface area contributed by atoms with E-state index in [2.05, 4.69) is 5.10 Å². The van der Waals surface area contributed by atoms with Crippen molar-refractivity contribution in [2.24, 2.45) is 12.8 Å². The highest BCUT2D eigenvalue weighted by Crippen LogP contribution is 2.64. The zero-order chi connectivity index (χ0) is 12.3. The van der Waals surface area contributed by atoms with Crippen LogP contribution in [0.3, 0.4) is 0 Å². The third-order valence-electron chi connectivity index (χ3n) is 4.29. The van der Waals surface area contributed by atoms with Crippen molar-refractivity contribution in [1.29, 1.82) is 0 Å². The van der Waals surface area contributed by atoms with Gasteiger partial charge in [0.25, 0.3) is 0 Å². The van der Waals surface area contributed by atoms with Crippen LogP contribution in [0.5, 0.6) is 0 Å². The molecule has 3 rings (SSSR count). The van der Waals surface area contributed by atoms with Gasteiger partial charge in [0, 0.05) is 18.0 Å². The molecule has 0 atom stereocenters. The minimum Gasteiger partial charge on any atom is -0.465 e. The molecule has 5 nitrogen and oxygen atoms in total. The highest BCUT2D eigenvalue weighted by atomic mass is 16.5. The topological polar surface area (TPSA) is 70.1 Å². The summed E-state index contributed by atoms with van der Waals surface area (Å²) >= 11 is 0. The zero-order valence-electron chi connectivity index (χ0n) is 10.2. The lowest BCUT2D eigenvalue weighted by Gasteiger charge is -2.24. The molecule has 2 fully saturated rings. The van der Waals surface area contributed by atoms with E-state index in [1.54, 1.807) is 10.9 Å². The van der Waals surface area contributed by atoms with Gasteiger partial charge in [-0.2, -0.15) is 5.10 Å². The fourth-order valence-corrected chi connectivity index (χ4v) is 2.97. The number of aryl methyl sites for hydroxylation is 1. The number of nitrogens with zero attached hydrogens (tertiary/aromatic N) is 2. The van der Waals surface area contributed by atoms with Crippen LogP contribution in [0.4, 0.5) is 0 Å². The van der Waals surface area contributed by atoms with Gasteiger partial charge in [0.1, 0.15) is 5.56 Å². The number of nitrogens with two attached hydrogens (primary N) is 1. The van der Waals surface area contributed by atoms with Crippen molar-refractivity contribution in [3.63, 3.8) is 0 Å². The number of ether oxygens (including phenoxy) is 1. The van der Waals surface area contributed by atoms with E-state index in [9.17, 15) is 4.79 Å². The number of aromatic nitrogens is 2. The highest BCUT2D eigenvalue weighted by molar-refractivity contribution is 5.91. The Bertz CT molecular complexity index is 484. The summed E-state index contributed by atoms with van der Waals surface area (Å²) in [7, 11) is 3.27. The maximum Gasteiger partial charge on any atom is 0.341 e. The third-order valence-corrected chi connectivity index (χ3v) is 4.29. The van der Waals surface area contributed by atoms with Gasteiger partial charge < -0.3 is 10.5 Å². The van der Waals surface area contributed by atoms with E-state index in [1.807, 2.05) is 7.05 Å². The predicted octanol–water partition coefficient (Wildman–Crippen LogP) is 0.730. The molecule has 2 saturated carbocycles. The van der Waals surface area contributed by atoms with Gasteiger partial charge in [-0.25, -0.2) is 4.79 Å². The molecule has 0 spiro atoms. The average molecular weight is 235 g/mol. The molecular formula is C12H17N3O2. The van der Waals surface area contributed by atoms with Crippen LogP contribution >= 0.6 is 0 Å². The molecule has 2 aliphatic rings. The Balaban J connectivity index is 2.09. The molecule has 0 unspecified atom stereocenters. The maximum atomic E-state index is 11.8. The third kappa shape index (κ3) is 1.29. The molecule has 92 valence electrons. The van der Waals surface area contributed by atoms with E-state index in [4.69, 9.17) is 10.5 Å². The average Bonchev–Trinajstić information content (AvgIpc) is 3.21. The summed E-state index contributed by atoms with van der Waals surface area (Å²) in [5, 5.41) is 4.19. The highest BCUT2D eigenvalue weighted by Gasteiger charge is 2.66. The molecule has 1 aromatic heterocycles. The molecule has 0 bridgehead atoms. The summed E-state index contributed by atoms with van der Waals surface area (Å²) in [4.78, 5) is 11.8. The van der Waals surface area contributed by atoms with Gasteiger partial charge in [0.15, 0.2) is 0 Å². The van der Waals surface area contributed by atoms with Gasteiger partial charge in [0.2, 0.25) is 0 Å². The van der Waals surface area contributed by atoms with Gasteiger partial charge in [0.05, 0.1) is 19.0 Å².